The summed E-state index contributed by atoms with van der Waals surface area (Å²) in [5, 5.41) is 3.51. The molecule has 1 aromatic rings. The van der Waals surface area contributed by atoms with Gasteiger partial charge in [0.1, 0.15) is 18.5 Å². The van der Waals surface area contributed by atoms with Crippen molar-refractivity contribution in [3.63, 3.8) is 0 Å². The molecule has 1 saturated heterocycles. The molecule has 1 aliphatic carbocycles. The van der Waals surface area contributed by atoms with Crippen LogP contribution < -0.4 is 10.1 Å². The van der Waals surface area contributed by atoms with E-state index < -0.39 is 0 Å². The Bertz CT molecular complexity index is 709. The molecular weight excluding hydrogens is 354 g/mol. The van der Waals surface area contributed by atoms with Crippen molar-refractivity contribution in [2.45, 2.75) is 57.5 Å². The lowest BCUT2D eigenvalue weighted by atomic mass is 9.76. The van der Waals surface area contributed by atoms with Gasteiger partial charge in [-0.2, -0.15) is 0 Å². The first-order valence-corrected chi connectivity index (χ1v) is 10.6. The van der Waals surface area contributed by atoms with Gasteiger partial charge in [0.15, 0.2) is 0 Å². The summed E-state index contributed by atoms with van der Waals surface area (Å²) in [5.74, 6) is 0.991. The van der Waals surface area contributed by atoms with Crippen LogP contribution in [0.4, 0.5) is 5.69 Å². The van der Waals surface area contributed by atoms with E-state index in [-0.39, 0.29) is 23.4 Å². The fourth-order valence-corrected chi connectivity index (χ4v) is 4.89. The van der Waals surface area contributed by atoms with Gasteiger partial charge in [-0.05, 0) is 56.8 Å². The van der Waals surface area contributed by atoms with Gasteiger partial charge in [0.05, 0.1) is 5.69 Å². The summed E-state index contributed by atoms with van der Waals surface area (Å²) in [5.41, 5.74) is 1.02. The van der Waals surface area contributed by atoms with Gasteiger partial charge in [-0.3, -0.25) is 19.4 Å². The molecule has 2 heterocycles. The number of amides is 2. The molecule has 2 aliphatic heterocycles. The highest BCUT2D eigenvalue weighted by atomic mass is 16.5. The number of imide groups is 1. The van der Waals surface area contributed by atoms with Crippen molar-refractivity contribution in [1.29, 1.82) is 0 Å². The molecule has 2 amide bonds. The number of hydrogen-bond donors (Lipinski definition) is 1. The normalized spacial score (nSPS) is 23.6. The minimum atomic E-state index is -0.00612. The van der Waals surface area contributed by atoms with Crippen LogP contribution in [0.5, 0.6) is 5.75 Å². The van der Waals surface area contributed by atoms with Gasteiger partial charge < -0.3 is 10.1 Å². The number of piperidine rings is 1. The molecule has 4 rings (SSSR count). The highest BCUT2D eigenvalue weighted by Gasteiger charge is 2.44. The lowest BCUT2D eigenvalue weighted by Crippen LogP contribution is -2.48. The van der Waals surface area contributed by atoms with Gasteiger partial charge >= 0.3 is 0 Å². The number of nitrogens with one attached hydrogen (secondary N) is 1. The zero-order chi connectivity index (χ0) is 19.6. The van der Waals surface area contributed by atoms with Crippen LogP contribution in [0, 0.1) is 5.41 Å². The summed E-state index contributed by atoms with van der Waals surface area (Å²) in [7, 11) is 2.08. The fourth-order valence-electron chi connectivity index (χ4n) is 4.89. The quantitative estimate of drug-likeness (QED) is 0.602. The molecule has 152 valence electrons. The maximum absolute atomic E-state index is 12.5. The van der Waals surface area contributed by atoms with E-state index in [4.69, 9.17) is 4.74 Å². The van der Waals surface area contributed by atoms with Crippen molar-refractivity contribution < 1.29 is 14.3 Å². The summed E-state index contributed by atoms with van der Waals surface area (Å²) < 4.78 is 5.83. The summed E-state index contributed by atoms with van der Waals surface area (Å²) in [6.45, 7) is 2.06. The maximum atomic E-state index is 12.5. The minimum Gasteiger partial charge on any atom is -0.488 e. The van der Waals surface area contributed by atoms with Gasteiger partial charge in [0.2, 0.25) is 11.8 Å². The topological polar surface area (TPSA) is 61.9 Å². The van der Waals surface area contributed by atoms with Crippen LogP contribution in [-0.4, -0.2) is 54.5 Å². The lowest BCUT2D eigenvalue weighted by molar-refractivity contribution is -0.153. The number of likely N-dealkylation sites (N-methyl/N-ethyl adjacent to an activating group) is 1. The molecule has 1 N–H and O–H groups in total. The van der Waals surface area contributed by atoms with Crippen LogP contribution in [0.15, 0.2) is 24.3 Å². The zero-order valence-electron chi connectivity index (χ0n) is 16.8. The SMILES string of the molecule is CN(CCCCN1C(=O)CC2(CCCC2)CC1=O)C1COc2ccccc2N1. The van der Waals surface area contributed by atoms with E-state index in [2.05, 4.69) is 17.3 Å². The summed E-state index contributed by atoms with van der Waals surface area (Å²) in [6.07, 6.45) is 7.48. The first-order chi connectivity index (χ1) is 13.6. The predicted octanol–water partition coefficient (Wildman–Crippen LogP) is 3.24. The molecule has 1 aromatic carbocycles. The first kappa shape index (κ1) is 19.2. The third-order valence-corrected chi connectivity index (χ3v) is 6.60. The van der Waals surface area contributed by atoms with Crippen molar-refractivity contribution >= 4 is 17.5 Å². The van der Waals surface area contributed by atoms with Gasteiger partial charge in [0, 0.05) is 19.4 Å². The molecule has 28 heavy (non-hydrogen) atoms. The van der Waals surface area contributed by atoms with E-state index in [1.807, 2.05) is 24.3 Å². The van der Waals surface area contributed by atoms with Crippen LogP contribution in [0.2, 0.25) is 0 Å². The van der Waals surface area contributed by atoms with Gasteiger partial charge in [-0.25, -0.2) is 0 Å². The second-order valence-corrected chi connectivity index (χ2v) is 8.65. The average molecular weight is 386 g/mol. The van der Waals surface area contributed by atoms with Gasteiger partial charge in [0.25, 0.3) is 0 Å². The third-order valence-electron chi connectivity index (χ3n) is 6.60. The van der Waals surface area contributed by atoms with E-state index in [0.29, 0.717) is 26.0 Å². The average Bonchev–Trinajstić information content (AvgIpc) is 3.13. The predicted molar refractivity (Wildman–Crippen MR) is 108 cm³/mol. The number of carbonyl (C=O) groups excluding carboxylic acids is 2. The molecular formula is C22H31N3O3. The standard InChI is InChI=1S/C22H31N3O3/c1-24(19-16-28-18-9-3-2-8-17(18)23-19)12-6-7-13-25-20(26)14-22(15-21(25)27)10-4-5-11-22/h2-3,8-9,19,23H,4-7,10-16H2,1H3. The maximum Gasteiger partial charge on any atom is 0.229 e. The van der Waals surface area contributed by atoms with E-state index in [0.717, 1.165) is 56.5 Å². The molecule has 1 unspecified atom stereocenters. The smallest absolute Gasteiger partial charge is 0.229 e. The second-order valence-electron chi connectivity index (χ2n) is 8.65. The molecule has 1 saturated carbocycles. The Morgan fingerprint density at radius 3 is 2.61 bits per heavy atom. The number of ether oxygens (including phenoxy) is 1. The number of fused-ring (bicyclic) bond motifs is 1. The summed E-state index contributed by atoms with van der Waals surface area (Å²) >= 11 is 0. The third kappa shape index (κ3) is 4.02. The Labute approximate surface area is 167 Å². The Balaban J connectivity index is 1.21. The summed E-state index contributed by atoms with van der Waals surface area (Å²) in [4.78, 5) is 28.8. The van der Waals surface area contributed by atoms with Crippen LogP contribution >= 0.6 is 0 Å². The second kappa shape index (κ2) is 8.11. The van der Waals surface area contributed by atoms with Crippen LogP contribution in [0.1, 0.15) is 51.4 Å². The van der Waals surface area contributed by atoms with Crippen molar-refractivity contribution in [3.8, 4) is 5.75 Å². The summed E-state index contributed by atoms with van der Waals surface area (Å²) in [6, 6.07) is 7.98. The highest BCUT2D eigenvalue weighted by molar-refractivity contribution is 5.98. The molecule has 6 nitrogen and oxygen atoms in total. The fraction of sp³-hybridized carbons (Fsp3) is 0.636. The van der Waals surface area contributed by atoms with Crippen molar-refractivity contribution in [3.05, 3.63) is 24.3 Å². The molecule has 1 spiro atoms. The zero-order valence-corrected chi connectivity index (χ0v) is 16.8. The van der Waals surface area contributed by atoms with Gasteiger partial charge in [-0.15, -0.1) is 0 Å². The molecule has 2 fully saturated rings. The number of rotatable bonds is 6. The number of likely N-dealkylation sites (tertiary alicyclic amines) is 1. The van der Waals surface area contributed by atoms with Crippen molar-refractivity contribution in [1.82, 2.24) is 9.80 Å². The van der Waals surface area contributed by atoms with Crippen LogP contribution in [0.3, 0.4) is 0 Å². The number of nitrogens with zero attached hydrogens (tertiary/aromatic N) is 2. The Hall–Kier alpha value is -2.08. The van der Waals surface area contributed by atoms with E-state index in [9.17, 15) is 9.59 Å². The number of benzene rings is 1. The van der Waals surface area contributed by atoms with Crippen molar-refractivity contribution in [2.24, 2.45) is 5.41 Å². The number of unbranched alkanes of at least 4 members (excludes halogenated alkanes) is 1. The largest absolute Gasteiger partial charge is 0.488 e. The lowest BCUT2D eigenvalue weighted by Gasteiger charge is -2.37. The minimum absolute atomic E-state index is 0.00612. The van der Waals surface area contributed by atoms with E-state index >= 15 is 0 Å². The molecule has 6 heteroatoms. The number of anilines is 1. The number of hydrogen-bond acceptors (Lipinski definition) is 5. The Morgan fingerprint density at radius 1 is 1.14 bits per heavy atom. The first-order valence-electron chi connectivity index (χ1n) is 10.6. The van der Waals surface area contributed by atoms with Gasteiger partial charge in [-0.1, -0.05) is 25.0 Å². The van der Waals surface area contributed by atoms with Crippen LogP contribution in [-0.2, 0) is 9.59 Å². The monoisotopic (exact) mass is 385 g/mol. The Morgan fingerprint density at radius 2 is 1.86 bits per heavy atom. The molecule has 0 bridgehead atoms. The highest BCUT2D eigenvalue weighted by Crippen LogP contribution is 2.46. The van der Waals surface area contributed by atoms with E-state index in [1.165, 1.54) is 4.90 Å². The van der Waals surface area contributed by atoms with E-state index in [1.54, 1.807) is 0 Å². The van der Waals surface area contributed by atoms with Crippen molar-refractivity contribution in [2.75, 3.05) is 32.1 Å². The molecule has 3 aliphatic rings. The Kier molecular flexibility index (Phi) is 5.58. The molecule has 1 atom stereocenters. The molecule has 0 radical (unpaired) electrons. The van der Waals surface area contributed by atoms with Crippen LogP contribution in [0.25, 0.3) is 0 Å². The number of para-hydroxylation sites is 2. The number of carbonyl (C=O) groups is 2. The molecule has 0 aromatic heterocycles.